The standard InChI is InChI=1S/C15H22N4/c1-18-4-6-19(7-5-18)11-14-9-13-8-12(10-16)2-3-15(13)17-14/h2-3,8-9,17H,4-7,10-11,16H2,1H3. The van der Waals surface area contributed by atoms with Crippen LogP contribution in [0.15, 0.2) is 24.3 Å². The van der Waals surface area contributed by atoms with Crippen LogP contribution in [0.3, 0.4) is 0 Å². The number of rotatable bonds is 3. The van der Waals surface area contributed by atoms with E-state index in [1.165, 1.54) is 22.2 Å². The zero-order valence-electron chi connectivity index (χ0n) is 11.5. The van der Waals surface area contributed by atoms with Crippen molar-refractivity contribution in [2.75, 3.05) is 33.2 Å². The number of aromatic nitrogens is 1. The SMILES string of the molecule is CN1CCN(Cc2cc3cc(CN)ccc3[nH]2)CC1. The quantitative estimate of drug-likeness (QED) is 0.874. The number of H-pyrrole nitrogens is 1. The van der Waals surface area contributed by atoms with Crippen LogP contribution >= 0.6 is 0 Å². The molecule has 1 aromatic carbocycles. The molecular formula is C15H22N4. The average Bonchev–Trinajstić information content (AvgIpc) is 2.82. The van der Waals surface area contributed by atoms with E-state index in [1.807, 2.05) is 0 Å². The maximum atomic E-state index is 5.69. The summed E-state index contributed by atoms with van der Waals surface area (Å²) in [4.78, 5) is 8.40. The normalized spacial score (nSPS) is 18.2. The second-order valence-corrected chi connectivity index (χ2v) is 5.50. The third-order valence-corrected chi connectivity index (χ3v) is 3.97. The predicted molar refractivity (Wildman–Crippen MR) is 79.0 cm³/mol. The fourth-order valence-corrected chi connectivity index (χ4v) is 2.70. The van der Waals surface area contributed by atoms with Gasteiger partial charge in [0.25, 0.3) is 0 Å². The number of piperazine rings is 1. The first-order valence-electron chi connectivity index (χ1n) is 6.96. The van der Waals surface area contributed by atoms with Crippen LogP contribution in [-0.2, 0) is 13.1 Å². The summed E-state index contributed by atoms with van der Waals surface area (Å²) in [5.41, 5.74) is 9.39. The Bertz CT molecular complexity index is 552. The van der Waals surface area contributed by atoms with Gasteiger partial charge in [-0.25, -0.2) is 0 Å². The number of nitrogens with two attached hydrogens (primary N) is 1. The lowest BCUT2D eigenvalue weighted by molar-refractivity contribution is 0.147. The zero-order chi connectivity index (χ0) is 13.2. The molecule has 1 aliphatic heterocycles. The molecule has 1 aromatic heterocycles. The second kappa shape index (κ2) is 5.33. The zero-order valence-corrected chi connectivity index (χ0v) is 11.5. The molecule has 0 unspecified atom stereocenters. The number of nitrogens with one attached hydrogen (secondary N) is 1. The number of aromatic amines is 1. The van der Waals surface area contributed by atoms with Crippen molar-refractivity contribution in [3.8, 4) is 0 Å². The van der Waals surface area contributed by atoms with Gasteiger partial charge < -0.3 is 15.6 Å². The summed E-state index contributed by atoms with van der Waals surface area (Å²) in [5, 5.41) is 1.27. The van der Waals surface area contributed by atoms with E-state index >= 15 is 0 Å². The first kappa shape index (κ1) is 12.7. The number of hydrogen-bond acceptors (Lipinski definition) is 3. The minimum atomic E-state index is 0.606. The Morgan fingerprint density at radius 2 is 1.95 bits per heavy atom. The maximum Gasteiger partial charge on any atom is 0.0456 e. The first-order chi connectivity index (χ1) is 9.24. The molecule has 0 amide bonds. The maximum absolute atomic E-state index is 5.69. The van der Waals surface area contributed by atoms with Crippen LogP contribution in [0.2, 0.25) is 0 Å². The molecule has 0 spiro atoms. The fourth-order valence-electron chi connectivity index (χ4n) is 2.70. The number of benzene rings is 1. The molecule has 4 heteroatoms. The minimum Gasteiger partial charge on any atom is -0.357 e. The number of nitrogens with zero attached hydrogens (tertiary/aromatic N) is 2. The van der Waals surface area contributed by atoms with Gasteiger partial charge in [0.1, 0.15) is 0 Å². The second-order valence-electron chi connectivity index (χ2n) is 5.50. The molecule has 2 heterocycles. The molecule has 3 N–H and O–H groups in total. The van der Waals surface area contributed by atoms with Gasteiger partial charge in [-0.3, -0.25) is 4.90 Å². The molecule has 0 radical (unpaired) electrons. The van der Waals surface area contributed by atoms with E-state index in [-0.39, 0.29) is 0 Å². The smallest absolute Gasteiger partial charge is 0.0456 e. The fraction of sp³-hybridized carbons (Fsp3) is 0.467. The summed E-state index contributed by atoms with van der Waals surface area (Å²) in [6, 6.07) is 8.66. The lowest BCUT2D eigenvalue weighted by Gasteiger charge is -2.31. The third-order valence-electron chi connectivity index (χ3n) is 3.97. The van der Waals surface area contributed by atoms with Crippen LogP contribution in [0.4, 0.5) is 0 Å². The molecule has 0 atom stereocenters. The highest BCUT2D eigenvalue weighted by atomic mass is 15.2. The summed E-state index contributed by atoms with van der Waals surface area (Å²) in [6.45, 7) is 6.25. The largest absolute Gasteiger partial charge is 0.357 e. The van der Waals surface area contributed by atoms with Gasteiger partial charge in [-0.05, 0) is 30.8 Å². The average molecular weight is 258 g/mol. The van der Waals surface area contributed by atoms with E-state index in [1.54, 1.807) is 0 Å². The Morgan fingerprint density at radius 1 is 1.16 bits per heavy atom. The molecule has 19 heavy (non-hydrogen) atoms. The Hall–Kier alpha value is -1.36. The topological polar surface area (TPSA) is 48.3 Å². The van der Waals surface area contributed by atoms with Crippen molar-refractivity contribution in [2.24, 2.45) is 5.73 Å². The first-order valence-corrected chi connectivity index (χ1v) is 6.96. The van der Waals surface area contributed by atoms with Crippen LogP contribution in [0.5, 0.6) is 0 Å². The summed E-state index contributed by atoms with van der Waals surface area (Å²) in [5.74, 6) is 0. The van der Waals surface area contributed by atoms with Gasteiger partial charge in [-0.15, -0.1) is 0 Å². The molecule has 3 rings (SSSR count). The molecule has 1 fully saturated rings. The summed E-state index contributed by atoms with van der Waals surface area (Å²) < 4.78 is 0. The lowest BCUT2D eigenvalue weighted by Crippen LogP contribution is -2.43. The molecular weight excluding hydrogens is 236 g/mol. The van der Waals surface area contributed by atoms with Gasteiger partial charge in [0.15, 0.2) is 0 Å². The van der Waals surface area contributed by atoms with Gasteiger partial charge in [-0.1, -0.05) is 6.07 Å². The molecule has 4 nitrogen and oxygen atoms in total. The van der Waals surface area contributed by atoms with Crippen molar-refractivity contribution in [1.29, 1.82) is 0 Å². The molecule has 0 aliphatic carbocycles. The number of likely N-dealkylation sites (N-methyl/N-ethyl adjacent to an activating group) is 1. The van der Waals surface area contributed by atoms with Crippen molar-refractivity contribution in [1.82, 2.24) is 14.8 Å². The highest BCUT2D eigenvalue weighted by Crippen LogP contribution is 2.18. The van der Waals surface area contributed by atoms with Crippen molar-refractivity contribution in [2.45, 2.75) is 13.1 Å². The van der Waals surface area contributed by atoms with Crippen LogP contribution in [0.25, 0.3) is 10.9 Å². The van der Waals surface area contributed by atoms with Gasteiger partial charge in [-0.2, -0.15) is 0 Å². The van der Waals surface area contributed by atoms with E-state index in [4.69, 9.17) is 5.73 Å². The summed E-state index contributed by atoms with van der Waals surface area (Å²) in [6.07, 6.45) is 0. The van der Waals surface area contributed by atoms with Gasteiger partial charge in [0, 0.05) is 55.9 Å². The lowest BCUT2D eigenvalue weighted by atomic mass is 10.1. The van der Waals surface area contributed by atoms with E-state index in [0.717, 1.165) is 32.7 Å². The monoisotopic (exact) mass is 258 g/mol. The summed E-state index contributed by atoms with van der Waals surface area (Å²) in [7, 11) is 2.19. The number of fused-ring (bicyclic) bond motifs is 1. The molecule has 0 bridgehead atoms. The van der Waals surface area contributed by atoms with Crippen molar-refractivity contribution in [3.63, 3.8) is 0 Å². The molecule has 1 saturated heterocycles. The summed E-state index contributed by atoms with van der Waals surface area (Å²) >= 11 is 0. The Kier molecular flexibility index (Phi) is 3.55. The van der Waals surface area contributed by atoms with Crippen LogP contribution in [-0.4, -0.2) is 48.0 Å². The van der Waals surface area contributed by atoms with Crippen LogP contribution < -0.4 is 5.73 Å². The highest BCUT2D eigenvalue weighted by molar-refractivity contribution is 5.81. The Morgan fingerprint density at radius 3 is 2.68 bits per heavy atom. The predicted octanol–water partition coefficient (Wildman–Crippen LogP) is 1.37. The molecule has 1 aliphatic rings. The third kappa shape index (κ3) is 2.81. The Labute approximate surface area is 114 Å². The van der Waals surface area contributed by atoms with Gasteiger partial charge >= 0.3 is 0 Å². The van der Waals surface area contributed by atoms with E-state index in [0.29, 0.717) is 6.54 Å². The van der Waals surface area contributed by atoms with Crippen molar-refractivity contribution < 1.29 is 0 Å². The molecule has 0 saturated carbocycles. The van der Waals surface area contributed by atoms with Crippen LogP contribution in [0, 0.1) is 0 Å². The van der Waals surface area contributed by atoms with Crippen LogP contribution in [0.1, 0.15) is 11.3 Å². The van der Waals surface area contributed by atoms with E-state index in [9.17, 15) is 0 Å². The Balaban J connectivity index is 1.74. The highest BCUT2D eigenvalue weighted by Gasteiger charge is 2.14. The van der Waals surface area contributed by atoms with Gasteiger partial charge in [0.05, 0.1) is 0 Å². The molecule has 102 valence electrons. The van der Waals surface area contributed by atoms with Crippen molar-refractivity contribution in [3.05, 3.63) is 35.5 Å². The minimum absolute atomic E-state index is 0.606. The van der Waals surface area contributed by atoms with E-state index < -0.39 is 0 Å². The number of hydrogen-bond donors (Lipinski definition) is 2. The van der Waals surface area contributed by atoms with E-state index in [2.05, 4.69) is 46.1 Å². The molecule has 2 aromatic rings. The van der Waals surface area contributed by atoms with Gasteiger partial charge in [0.2, 0.25) is 0 Å². The van der Waals surface area contributed by atoms with Crippen molar-refractivity contribution >= 4 is 10.9 Å².